The fourth-order valence-corrected chi connectivity index (χ4v) is 4.05. The Morgan fingerprint density at radius 3 is 2.50 bits per heavy atom. The van der Waals surface area contributed by atoms with E-state index >= 15 is 0 Å². The number of hydrogen-bond acceptors (Lipinski definition) is 4. The van der Waals surface area contributed by atoms with Crippen molar-refractivity contribution in [1.29, 1.82) is 0 Å². The maximum atomic E-state index is 12.2. The molecule has 0 bridgehead atoms. The Hall–Kier alpha value is -1.55. The van der Waals surface area contributed by atoms with Crippen LogP contribution in [0.3, 0.4) is 0 Å². The van der Waals surface area contributed by atoms with E-state index in [1.165, 1.54) is 45.1 Å². The molecular formula is C22H33NO3. The lowest BCUT2D eigenvalue weighted by Crippen LogP contribution is -2.38. The Morgan fingerprint density at radius 1 is 1.04 bits per heavy atom. The summed E-state index contributed by atoms with van der Waals surface area (Å²) in [5.41, 5.74) is 0.604. The molecule has 1 heterocycles. The first kappa shape index (κ1) is 19.2. The van der Waals surface area contributed by atoms with Crippen LogP contribution in [0.5, 0.6) is 5.75 Å². The third-order valence-corrected chi connectivity index (χ3v) is 5.71. The normalized spacial score (nSPS) is 22.1. The molecule has 0 unspecified atom stereocenters. The minimum absolute atomic E-state index is 0.235. The number of piperidine rings is 1. The van der Waals surface area contributed by atoms with Crippen LogP contribution in [0.2, 0.25) is 0 Å². The largest absolute Gasteiger partial charge is 0.490 e. The molecule has 144 valence electrons. The predicted molar refractivity (Wildman–Crippen MR) is 104 cm³/mol. The van der Waals surface area contributed by atoms with Gasteiger partial charge >= 0.3 is 5.97 Å². The van der Waals surface area contributed by atoms with Crippen molar-refractivity contribution in [1.82, 2.24) is 4.90 Å². The molecule has 1 aliphatic carbocycles. The summed E-state index contributed by atoms with van der Waals surface area (Å²) in [5.74, 6) is 0.619. The number of ether oxygens (including phenoxy) is 2. The molecule has 1 atom stereocenters. The molecule has 1 aromatic carbocycles. The summed E-state index contributed by atoms with van der Waals surface area (Å²) in [6.07, 6.45) is 11.3. The maximum absolute atomic E-state index is 12.2. The van der Waals surface area contributed by atoms with Crippen LogP contribution in [0, 0.1) is 0 Å². The van der Waals surface area contributed by atoms with Gasteiger partial charge in [0.2, 0.25) is 0 Å². The van der Waals surface area contributed by atoms with Crippen LogP contribution in [-0.4, -0.2) is 42.7 Å². The molecule has 1 aromatic rings. The van der Waals surface area contributed by atoms with Gasteiger partial charge in [-0.2, -0.15) is 0 Å². The molecule has 1 saturated carbocycles. The van der Waals surface area contributed by atoms with Crippen molar-refractivity contribution in [2.45, 2.75) is 76.9 Å². The Morgan fingerprint density at radius 2 is 1.77 bits per heavy atom. The van der Waals surface area contributed by atoms with Gasteiger partial charge in [0.25, 0.3) is 0 Å². The summed E-state index contributed by atoms with van der Waals surface area (Å²) >= 11 is 0. The third-order valence-electron chi connectivity index (χ3n) is 5.71. The summed E-state index contributed by atoms with van der Waals surface area (Å²) in [6.45, 7) is 4.98. The zero-order chi connectivity index (χ0) is 18.2. The van der Waals surface area contributed by atoms with E-state index < -0.39 is 0 Å². The minimum Gasteiger partial charge on any atom is -0.490 e. The maximum Gasteiger partial charge on any atom is 0.338 e. The molecular weight excluding hydrogens is 326 g/mol. The van der Waals surface area contributed by atoms with Crippen molar-refractivity contribution in [3.63, 3.8) is 0 Å². The topological polar surface area (TPSA) is 38.8 Å². The predicted octanol–water partition coefficient (Wildman–Crippen LogP) is 4.82. The first-order valence-corrected chi connectivity index (χ1v) is 10.4. The summed E-state index contributed by atoms with van der Waals surface area (Å²) in [7, 11) is 0. The molecule has 1 aliphatic heterocycles. The number of carbonyl (C=O) groups is 1. The Balaban J connectivity index is 1.37. The van der Waals surface area contributed by atoms with Crippen molar-refractivity contribution in [3.8, 4) is 5.75 Å². The summed E-state index contributed by atoms with van der Waals surface area (Å²) < 4.78 is 11.4. The smallest absolute Gasteiger partial charge is 0.338 e. The van der Waals surface area contributed by atoms with Gasteiger partial charge < -0.3 is 14.4 Å². The molecule has 3 rings (SSSR count). The Kier molecular flexibility index (Phi) is 7.36. The average molecular weight is 360 g/mol. The number of carbonyl (C=O) groups excluding carboxylic acids is 1. The van der Waals surface area contributed by atoms with E-state index in [2.05, 4.69) is 11.8 Å². The first-order chi connectivity index (χ1) is 12.7. The number of likely N-dealkylation sites (tertiary alicyclic amines) is 1. The molecule has 2 aliphatic rings. The molecule has 4 heteroatoms. The molecule has 0 aromatic heterocycles. The van der Waals surface area contributed by atoms with Crippen LogP contribution >= 0.6 is 0 Å². The van der Waals surface area contributed by atoms with Crippen molar-refractivity contribution < 1.29 is 14.3 Å². The van der Waals surface area contributed by atoms with E-state index in [9.17, 15) is 4.79 Å². The zero-order valence-corrected chi connectivity index (χ0v) is 16.1. The summed E-state index contributed by atoms with van der Waals surface area (Å²) in [6, 6.07) is 8.07. The molecule has 0 radical (unpaired) electrons. The second kappa shape index (κ2) is 9.96. The number of rotatable bonds is 7. The number of benzene rings is 1. The van der Waals surface area contributed by atoms with Gasteiger partial charge in [-0.15, -0.1) is 0 Å². The SMILES string of the molecule is C[C@H]1CCCCN1CCCOC(=O)c1ccc(OC2CCCCC2)cc1. The molecule has 2 fully saturated rings. The Labute approximate surface area is 157 Å². The fraction of sp³-hybridized carbons (Fsp3) is 0.682. The highest BCUT2D eigenvalue weighted by atomic mass is 16.5. The first-order valence-electron chi connectivity index (χ1n) is 10.4. The van der Waals surface area contributed by atoms with Crippen molar-refractivity contribution >= 4 is 5.97 Å². The third kappa shape index (κ3) is 5.73. The molecule has 0 spiro atoms. The van der Waals surface area contributed by atoms with Crippen molar-refractivity contribution in [2.24, 2.45) is 0 Å². The highest BCUT2D eigenvalue weighted by molar-refractivity contribution is 5.89. The summed E-state index contributed by atoms with van der Waals surface area (Å²) in [5, 5.41) is 0. The highest BCUT2D eigenvalue weighted by Crippen LogP contribution is 2.23. The number of hydrogen-bond donors (Lipinski definition) is 0. The molecule has 26 heavy (non-hydrogen) atoms. The van der Waals surface area contributed by atoms with Gasteiger partial charge in [-0.1, -0.05) is 12.8 Å². The van der Waals surface area contributed by atoms with Gasteiger partial charge in [-0.3, -0.25) is 0 Å². The van der Waals surface area contributed by atoms with Gasteiger partial charge in [-0.05, 0) is 82.7 Å². The number of nitrogens with zero attached hydrogens (tertiary/aromatic N) is 1. The molecule has 0 amide bonds. The molecule has 1 saturated heterocycles. The van der Waals surface area contributed by atoms with E-state index in [0.717, 1.165) is 31.6 Å². The average Bonchev–Trinajstić information content (AvgIpc) is 2.68. The van der Waals surface area contributed by atoms with Crippen LogP contribution in [0.4, 0.5) is 0 Å². The lowest BCUT2D eigenvalue weighted by Gasteiger charge is -2.33. The van der Waals surface area contributed by atoms with Gasteiger partial charge in [0, 0.05) is 12.6 Å². The van der Waals surface area contributed by atoms with Gasteiger partial charge in [0.05, 0.1) is 18.3 Å². The summed E-state index contributed by atoms with van der Waals surface area (Å²) in [4.78, 5) is 14.7. The lowest BCUT2D eigenvalue weighted by molar-refractivity contribution is 0.0475. The van der Waals surface area contributed by atoms with E-state index in [1.807, 2.05) is 24.3 Å². The monoisotopic (exact) mass is 359 g/mol. The van der Waals surface area contributed by atoms with Gasteiger partial charge in [-0.25, -0.2) is 4.79 Å². The van der Waals surface area contributed by atoms with Crippen LogP contribution in [-0.2, 0) is 4.74 Å². The quantitative estimate of drug-likeness (QED) is 0.517. The second-order valence-corrected chi connectivity index (χ2v) is 7.77. The van der Waals surface area contributed by atoms with E-state index in [1.54, 1.807) is 0 Å². The highest BCUT2D eigenvalue weighted by Gasteiger charge is 2.18. The number of esters is 1. The van der Waals surface area contributed by atoms with Crippen LogP contribution in [0.1, 0.15) is 75.1 Å². The fourth-order valence-electron chi connectivity index (χ4n) is 4.05. The van der Waals surface area contributed by atoms with Crippen molar-refractivity contribution in [3.05, 3.63) is 29.8 Å². The molecule has 0 N–H and O–H groups in total. The van der Waals surface area contributed by atoms with E-state index in [0.29, 0.717) is 24.3 Å². The van der Waals surface area contributed by atoms with Crippen molar-refractivity contribution in [2.75, 3.05) is 19.7 Å². The van der Waals surface area contributed by atoms with Crippen LogP contribution in [0.15, 0.2) is 24.3 Å². The van der Waals surface area contributed by atoms with E-state index in [4.69, 9.17) is 9.47 Å². The lowest BCUT2D eigenvalue weighted by atomic mass is 9.98. The van der Waals surface area contributed by atoms with Crippen LogP contribution in [0.25, 0.3) is 0 Å². The van der Waals surface area contributed by atoms with Crippen LogP contribution < -0.4 is 4.74 Å². The van der Waals surface area contributed by atoms with E-state index in [-0.39, 0.29) is 5.97 Å². The zero-order valence-electron chi connectivity index (χ0n) is 16.1. The second-order valence-electron chi connectivity index (χ2n) is 7.77. The Bertz CT molecular complexity index is 551. The van der Waals surface area contributed by atoms with Gasteiger partial charge in [0.1, 0.15) is 5.75 Å². The standard InChI is InChI=1S/C22H33NO3/c1-18-8-5-6-15-23(18)16-7-17-25-22(24)19-11-13-21(14-12-19)26-20-9-3-2-4-10-20/h11-14,18,20H,2-10,15-17H2,1H3/t18-/m0/s1. The minimum atomic E-state index is -0.235. The molecule has 4 nitrogen and oxygen atoms in total. The van der Waals surface area contributed by atoms with Gasteiger partial charge in [0.15, 0.2) is 0 Å².